The Morgan fingerprint density at radius 1 is 1.38 bits per heavy atom. The molecule has 130 valence electrons. The van der Waals surface area contributed by atoms with Crippen molar-refractivity contribution in [1.82, 2.24) is 15.1 Å². The number of nitrogens with one attached hydrogen (secondary N) is 2. The molecule has 0 spiro atoms. The number of halogens is 1. The van der Waals surface area contributed by atoms with Crippen molar-refractivity contribution in [3.63, 3.8) is 0 Å². The van der Waals surface area contributed by atoms with Gasteiger partial charge in [0.1, 0.15) is 4.90 Å². The maximum Gasteiger partial charge on any atom is 0.265 e. The summed E-state index contributed by atoms with van der Waals surface area (Å²) in [7, 11) is -2.41. The standard InChI is InChI=1S/C15H19ClN4O3S/c1-10(2)8-20-9-12(7-18-20)24(22,23)19-14-5-4-11(16)6-13(14)15(21)17-3/h4-7,9-10,19H,8H2,1-3H3,(H,17,21). The van der Waals surface area contributed by atoms with E-state index in [-0.39, 0.29) is 16.1 Å². The highest BCUT2D eigenvalue weighted by atomic mass is 35.5. The smallest absolute Gasteiger partial charge is 0.265 e. The molecule has 0 aliphatic heterocycles. The van der Waals surface area contributed by atoms with Crippen LogP contribution in [0.15, 0.2) is 35.5 Å². The van der Waals surface area contributed by atoms with Crippen molar-refractivity contribution < 1.29 is 13.2 Å². The predicted octanol–water partition coefficient (Wildman–Crippen LogP) is 2.35. The fourth-order valence-electron chi connectivity index (χ4n) is 2.09. The summed E-state index contributed by atoms with van der Waals surface area (Å²) in [4.78, 5) is 11.9. The van der Waals surface area contributed by atoms with Crippen LogP contribution in [0.2, 0.25) is 5.02 Å². The summed E-state index contributed by atoms with van der Waals surface area (Å²) in [5.41, 5.74) is 0.290. The second-order valence-electron chi connectivity index (χ2n) is 5.67. The summed E-state index contributed by atoms with van der Waals surface area (Å²) < 4.78 is 29.0. The van der Waals surface area contributed by atoms with Gasteiger partial charge in [0, 0.05) is 24.8 Å². The fraction of sp³-hybridized carbons (Fsp3) is 0.333. The number of nitrogens with zero attached hydrogens (tertiary/aromatic N) is 2. The zero-order valence-electron chi connectivity index (χ0n) is 13.6. The van der Waals surface area contributed by atoms with E-state index in [1.165, 1.54) is 37.6 Å². The molecule has 2 N–H and O–H groups in total. The van der Waals surface area contributed by atoms with Gasteiger partial charge in [-0.05, 0) is 24.1 Å². The normalized spacial score (nSPS) is 11.5. The molecule has 0 fully saturated rings. The maximum absolute atomic E-state index is 12.5. The van der Waals surface area contributed by atoms with Crippen molar-refractivity contribution in [1.29, 1.82) is 0 Å². The Kier molecular flexibility index (Phi) is 5.51. The van der Waals surface area contributed by atoms with E-state index in [0.29, 0.717) is 17.5 Å². The summed E-state index contributed by atoms with van der Waals surface area (Å²) in [6.07, 6.45) is 2.73. The Hall–Kier alpha value is -2.06. The largest absolute Gasteiger partial charge is 0.355 e. The highest BCUT2D eigenvalue weighted by molar-refractivity contribution is 7.92. The second kappa shape index (κ2) is 7.23. The molecule has 24 heavy (non-hydrogen) atoms. The number of rotatable bonds is 6. The zero-order chi connectivity index (χ0) is 17.9. The number of amides is 1. The Morgan fingerprint density at radius 3 is 2.71 bits per heavy atom. The molecule has 2 aromatic rings. The molecule has 7 nitrogen and oxygen atoms in total. The average Bonchev–Trinajstić information content (AvgIpc) is 2.96. The number of hydrogen-bond donors (Lipinski definition) is 2. The average molecular weight is 371 g/mol. The van der Waals surface area contributed by atoms with E-state index in [1.807, 2.05) is 13.8 Å². The number of sulfonamides is 1. The monoisotopic (exact) mass is 370 g/mol. The molecule has 1 aromatic heterocycles. The first-order chi connectivity index (χ1) is 11.2. The van der Waals surface area contributed by atoms with Gasteiger partial charge < -0.3 is 5.32 Å². The van der Waals surface area contributed by atoms with Crippen LogP contribution in [0.4, 0.5) is 5.69 Å². The number of hydrogen-bond acceptors (Lipinski definition) is 4. The van der Waals surface area contributed by atoms with Crippen molar-refractivity contribution in [3.05, 3.63) is 41.2 Å². The first-order valence-corrected chi connectivity index (χ1v) is 9.16. The zero-order valence-corrected chi connectivity index (χ0v) is 15.1. The van der Waals surface area contributed by atoms with Crippen molar-refractivity contribution in [2.45, 2.75) is 25.3 Å². The first kappa shape index (κ1) is 18.3. The maximum atomic E-state index is 12.5. The summed E-state index contributed by atoms with van der Waals surface area (Å²) in [6, 6.07) is 4.36. The minimum Gasteiger partial charge on any atom is -0.355 e. The van der Waals surface area contributed by atoms with E-state index in [2.05, 4.69) is 15.1 Å². The molecule has 0 unspecified atom stereocenters. The van der Waals surface area contributed by atoms with Crippen LogP contribution in [0, 0.1) is 5.92 Å². The van der Waals surface area contributed by atoms with Crippen molar-refractivity contribution in [2.75, 3.05) is 11.8 Å². The van der Waals surface area contributed by atoms with E-state index in [4.69, 9.17) is 11.6 Å². The molecule has 0 saturated carbocycles. The number of carbonyl (C=O) groups is 1. The van der Waals surface area contributed by atoms with Crippen molar-refractivity contribution in [3.8, 4) is 0 Å². The van der Waals surface area contributed by atoms with Crippen LogP contribution in [0.5, 0.6) is 0 Å². The molecule has 1 heterocycles. The van der Waals surface area contributed by atoms with Gasteiger partial charge in [-0.2, -0.15) is 5.10 Å². The number of anilines is 1. The SMILES string of the molecule is CNC(=O)c1cc(Cl)ccc1NS(=O)(=O)c1cnn(CC(C)C)c1. The molecule has 0 saturated heterocycles. The molecule has 2 rings (SSSR count). The second-order valence-corrected chi connectivity index (χ2v) is 7.79. The Labute approximate surface area is 146 Å². The van der Waals surface area contributed by atoms with Gasteiger partial charge in [0.05, 0.1) is 17.4 Å². The Bertz CT molecular complexity index is 846. The van der Waals surface area contributed by atoms with E-state index < -0.39 is 15.9 Å². The predicted molar refractivity (Wildman–Crippen MR) is 92.7 cm³/mol. The van der Waals surface area contributed by atoms with Crippen LogP contribution >= 0.6 is 11.6 Å². The minimum absolute atomic E-state index is 0.0287. The number of carbonyl (C=O) groups excluding carboxylic acids is 1. The lowest BCUT2D eigenvalue weighted by Gasteiger charge is -2.11. The Balaban J connectivity index is 2.33. The molecule has 9 heteroatoms. The van der Waals surface area contributed by atoms with Crippen LogP contribution in [-0.4, -0.2) is 31.2 Å². The third-order valence-electron chi connectivity index (χ3n) is 3.17. The van der Waals surface area contributed by atoms with Crippen LogP contribution < -0.4 is 10.0 Å². The van der Waals surface area contributed by atoms with Gasteiger partial charge in [-0.3, -0.25) is 14.2 Å². The molecular weight excluding hydrogens is 352 g/mol. The molecule has 0 radical (unpaired) electrons. The summed E-state index contributed by atoms with van der Waals surface area (Å²) in [6.45, 7) is 4.63. The highest BCUT2D eigenvalue weighted by Gasteiger charge is 2.20. The third kappa shape index (κ3) is 4.27. The lowest BCUT2D eigenvalue weighted by atomic mass is 10.2. The number of benzene rings is 1. The lowest BCUT2D eigenvalue weighted by molar-refractivity contribution is 0.0964. The molecule has 0 atom stereocenters. The topological polar surface area (TPSA) is 93.1 Å². The Morgan fingerprint density at radius 2 is 2.08 bits per heavy atom. The van der Waals surface area contributed by atoms with Crippen molar-refractivity contribution in [2.24, 2.45) is 5.92 Å². The van der Waals surface area contributed by atoms with Gasteiger partial charge in [-0.1, -0.05) is 25.4 Å². The summed E-state index contributed by atoms with van der Waals surface area (Å²) in [5, 5.41) is 6.83. The van der Waals surface area contributed by atoms with Crippen LogP contribution in [0.3, 0.4) is 0 Å². The quantitative estimate of drug-likeness (QED) is 0.816. The molecule has 0 aliphatic carbocycles. The van der Waals surface area contributed by atoms with Crippen molar-refractivity contribution >= 4 is 33.2 Å². The number of aromatic nitrogens is 2. The first-order valence-electron chi connectivity index (χ1n) is 7.30. The molecule has 1 amide bonds. The summed E-state index contributed by atoms with van der Waals surface area (Å²) in [5.74, 6) is -0.102. The molecule has 1 aromatic carbocycles. The molecule has 0 aliphatic rings. The van der Waals surface area contributed by atoms with E-state index in [9.17, 15) is 13.2 Å². The van der Waals surface area contributed by atoms with Gasteiger partial charge in [-0.15, -0.1) is 0 Å². The molecular formula is C15H19ClN4O3S. The molecule has 0 bridgehead atoms. The minimum atomic E-state index is -3.86. The van der Waals surface area contributed by atoms with Gasteiger partial charge >= 0.3 is 0 Å². The van der Waals surface area contributed by atoms with Gasteiger partial charge in [0.25, 0.3) is 15.9 Å². The highest BCUT2D eigenvalue weighted by Crippen LogP contribution is 2.23. The van der Waals surface area contributed by atoms with E-state index in [0.717, 1.165) is 0 Å². The van der Waals surface area contributed by atoms with Crippen LogP contribution in [0.25, 0.3) is 0 Å². The van der Waals surface area contributed by atoms with Gasteiger partial charge in [-0.25, -0.2) is 8.42 Å². The van der Waals surface area contributed by atoms with E-state index in [1.54, 1.807) is 4.68 Å². The van der Waals surface area contributed by atoms with Crippen LogP contribution in [-0.2, 0) is 16.6 Å². The van der Waals surface area contributed by atoms with Crippen LogP contribution in [0.1, 0.15) is 24.2 Å². The van der Waals surface area contributed by atoms with E-state index >= 15 is 0 Å². The fourth-order valence-corrected chi connectivity index (χ4v) is 3.29. The van der Waals surface area contributed by atoms with Gasteiger partial charge in [0.15, 0.2) is 0 Å². The third-order valence-corrected chi connectivity index (χ3v) is 4.72. The lowest BCUT2D eigenvalue weighted by Crippen LogP contribution is -2.21. The summed E-state index contributed by atoms with van der Waals surface area (Å²) >= 11 is 5.89. The van der Waals surface area contributed by atoms with Gasteiger partial charge in [0.2, 0.25) is 0 Å².